The Morgan fingerprint density at radius 3 is 2.40 bits per heavy atom. The van der Waals surface area contributed by atoms with Crippen LogP contribution in [0.25, 0.3) is 0 Å². The summed E-state index contributed by atoms with van der Waals surface area (Å²) in [5, 5.41) is 12.6. The topological polar surface area (TPSA) is 54.6 Å². The number of nitrogens with zero attached hydrogens (tertiary/aromatic N) is 2. The van der Waals surface area contributed by atoms with Crippen molar-refractivity contribution in [2.24, 2.45) is 5.16 Å². The molecule has 2 aromatic carbocycles. The lowest BCUT2D eigenvalue weighted by Crippen LogP contribution is -1.89. The molecule has 0 aliphatic rings. The van der Waals surface area contributed by atoms with Crippen molar-refractivity contribution < 1.29 is 9.57 Å². The fourth-order valence-electron chi connectivity index (χ4n) is 1.58. The fraction of sp³-hybridized carbons (Fsp3) is 0.125. The summed E-state index contributed by atoms with van der Waals surface area (Å²) in [6.07, 6.45) is 1.62. The second-order valence-electron chi connectivity index (χ2n) is 4.09. The predicted molar refractivity (Wildman–Crippen MR) is 76.5 cm³/mol. The molecule has 0 saturated heterocycles. The average Bonchev–Trinajstić information content (AvgIpc) is 2.53. The summed E-state index contributed by atoms with van der Waals surface area (Å²) in [6.45, 7) is 0.400. The van der Waals surface area contributed by atoms with Crippen LogP contribution in [0.4, 0.5) is 0 Å². The highest BCUT2D eigenvalue weighted by Gasteiger charge is 1.94. The van der Waals surface area contributed by atoms with Crippen LogP contribution in [-0.4, -0.2) is 13.3 Å². The van der Waals surface area contributed by atoms with Crippen LogP contribution in [0, 0.1) is 11.3 Å². The standard InChI is InChI=1S/C16H14N2O2/c1-19-16-8-6-15(7-9-16)12-20-18-11-14-4-2-13(10-17)3-5-14/h2-9,11H,12H2,1H3. The van der Waals surface area contributed by atoms with Crippen LogP contribution in [0.3, 0.4) is 0 Å². The minimum Gasteiger partial charge on any atom is -0.497 e. The third-order valence-corrected chi connectivity index (χ3v) is 2.71. The molecule has 0 aromatic heterocycles. The molecule has 0 aliphatic heterocycles. The van der Waals surface area contributed by atoms with E-state index in [0.29, 0.717) is 12.2 Å². The number of hydrogen-bond acceptors (Lipinski definition) is 4. The number of benzene rings is 2. The van der Waals surface area contributed by atoms with E-state index in [9.17, 15) is 0 Å². The zero-order valence-corrected chi connectivity index (χ0v) is 11.1. The summed E-state index contributed by atoms with van der Waals surface area (Å²) < 4.78 is 5.08. The van der Waals surface area contributed by atoms with E-state index in [1.807, 2.05) is 36.4 Å². The summed E-state index contributed by atoms with van der Waals surface area (Å²) in [4.78, 5) is 5.22. The third kappa shape index (κ3) is 3.85. The second-order valence-corrected chi connectivity index (χ2v) is 4.09. The quantitative estimate of drug-likeness (QED) is 0.617. The van der Waals surface area contributed by atoms with Crippen molar-refractivity contribution in [2.75, 3.05) is 7.11 Å². The molecule has 0 saturated carbocycles. The van der Waals surface area contributed by atoms with Crippen LogP contribution in [-0.2, 0) is 11.4 Å². The van der Waals surface area contributed by atoms with Gasteiger partial charge in [-0.3, -0.25) is 0 Å². The molecule has 0 bridgehead atoms. The van der Waals surface area contributed by atoms with E-state index < -0.39 is 0 Å². The van der Waals surface area contributed by atoms with E-state index in [-0.39, 0.29) is 0 Å². The van der Waals surface area contributed by atoms with E-state index in [4.69, 9.17) is 14.8 Å². The number of methoxy groups -OCH3 is 1. The minimum atomic E-state index is 0.400. The van der Waals surface area contributed by atoms with Gasteiger partial charge in [-0.2, -0.15) is 5.26 Å². The SMILES string of the molecule is COc1ccc(CON=Cc2ccc(C#N)cc2)cc1. The molecule has 0 amide bonds. The molecule has 4 nitrogen and oxygen atoms in total. The highest BCUT2D eigenvalue weighted by molar-refractivity contribution is 5.79. The van der Waals surface area contributed by atoms with Gasteiger partial charge in [0.05, 0.1) is 25.0 Å². The lowest BCUT2D eigenvalue weighted by molar-refractivity contribution is 0.132. The van der Waals surface area contributed by atoms with Crippen LogP contribution in [0.2, 0.25) is 0 Å². The Labute approximate surface area is 117 Å². The molecule has 0 heterocycles. The van der Waals surface area contributed by atoms with Gasteiger partial charge in [0.1, 0.15) is 12.4 Å². The largest absolute Gasteiger partial charge is 0.497 e. The molecule has 4 heteroatoms. The monoisotopic (exact) mass is 266 g/mol. The zero-order valence-electron chi connectivity index (χ0n) is 11.1. The predicted octanol–water partition coefficient (Wildman–Crippen LogP) is 3.12. The van der Waals surface area contributed by atoms with Gasteiger partial charge in [0.25, 0.3) is 0 Å². The van der Waals surface area contributed by atoms with Gasteiger partial charge in [0.15, 0.2) is 0 Å². The minimum absolute atomic E-state index is 0.400. The fourth-order valence-corrected chi connectivity index (χ4v) is 1.58. The van der Waals surface area contributed by atoms with Gasteiger partial charge < -0.3 is 9.57 Å². The second kappa shape index (κ2) is 6.95. The molecular weight excluding hydrogens is 252 g/mol. The van der Waals surface area contributed by atoms with Crippen molar-refractivity contribution in [3.63, 3.8) is 0 Å². The molecule has 0 N–H and O–H groups in total. The highest BCUT2D eigenvalue weighted by Crippen LogP contribution is 2.12. The lowest BCUT2D eigenvalue weighted by atomic mass is 10.2. The molecule has 0 radical (unpaired) electrons. The first-order valence-corrected chi connectivity index (χ1v) is 6.10. The van der Waals surface area contributed by atoms with Gasteiger partial charge in [0.2, 0.25) is 0 Å². The van der Waals surface area contributed by atoms with Gasteiger partial charge >= 0.3 is 0 Å². The summed E-state index contributed by atoms with van der Waals surface area (Å²) >= 11 is 0. The van der Waals surface area contributed by atoms with Crippen LogP contribution < -0.4 is 4.74 Å². The number of ether oxygens (including phenoxy) is 1. The Balaban J connectivity index is 1.85. The molecule has 0 fully saturated rings. The maximum absolute atomic E-state index is 8.69. The van der Waals surface area contributed by atoms with Crippen molar-refractivity contribution in [1.82, 2.24) is 0 Å². The molecule has 0 unspecified atom stereocenters. The van der Waals surface area contributed by atoms with Gasteiger partial charge in [-0.1, -0.05) is 29.4 Å². The Morgan fingerprint density at radius 2 is 1.80 bits per heavy atom. The number of oxime groups is 1. The van der Waals surface area contributed by atoms with Crippen LogP contribution in [0.15, 0.2) is 53.7 Å². The van der Waals surface area contributed by atoms with E-state index in [1.54, 1.807) is 25.5 Å². The number of rotatable bonds is 5. The van der Waals surface area contributed by atoms with E-state index >= 15 is 0 Å². The van der Waals surface area contributed by atoms with Gasteiger partial charge in [-0.25, -0.2) is 0 Å². The molecule has 2 aromatic rings. The lowest BCUT2D eigenvalue weighted by Gasteiger charge is -2.02. The summed E-state index contributed by atoms with van der Waals surface area (Å²) in [6, 6.07) is 16.8. The smallest absolute Gasteiger partial charge is 0.142 e. The normalized spacial score (nSPS) is 10.2. The van der Waals surface area contributed by atoms with Crippen LogP contribution >= 0.6 is 0 Å². The Morgan fingerprint density at radius 1 is 1.10 bits per heavy atom. The Kier molecular flexibility index (Phi) is 4.74. The zero-order chi connectivity index (χ0) is 14.2. The summed E-state index contributed by atoms with van der Waals surface area (Å²) in [7, 11) is 1.63. The molecule has 100 valence electrons. The van der Waals surface area contributed by atoms with Crippen LogP contribution in [0.1, 0.15) is 16.7 Å². The Bertz CT molecular complexity index is 610. The van der Waals surface area contributed by atoms with E-state index in [2.05, 4.69) is 11.2 Å². The molecule has 0 spiro atoms. The van der Waals surface area contributed by atoms with Crippen molar-refractivity contribution in [3.8, 4) is 11.8 Å². The first kappa shape index (κ1) is 13.6. The van der Waals surface area contributed by atoms with E-state index in [0.717, 1.165) is 16.9 Å². The van der Waals surface area contributed by atoms with Gasteiger partial charge in [-0.05, 0) is 35.4 Å². The van der Waals surface area contributed by atoms with Crippen LogP contribution in [0.5, 0.6) is 5.75 Å². The van der Waals surface area contributed by atoms with Crippen molar-refractivity contribution in [3.05, 3.63) is 65.2 Å². The maximum atomic E-state index is 8.69. The maximum Gasteiger partial charge on any atom is 0.142 e. The molecule has 2 rings (SSSR count). The molecule has 0 atom stereocenters. The van der Waals surface area contributed by atoms with Gasteiger partial charge in [-0.15, -0.1) is 0 Å². The van der Waals surface area contributed by atoms with Gasteiger partial charge in [0, 0.05) is 0 Å². The molecule has 20 heavy (non-hydrogen) atoms. The Hall–Kier alpha value is -2.80. The van der Waals surface area contributed by atoms with Crippen molar-refractivity contribution in [1.29, 1.82) is 5.26 Å². The molecular formula is C16H14N2O2. The first-order valence-electron chi connectivity index (χ1n) is 6.10. The summed E-state index contributed by atoms with van der Waals surface area (Å²) in [5.74, 6) is 0.815. The number of nitriles is 1. The average molecular weight is 266 g/mol. The number of hydrogen-bond donors (Lipinski definition) is 0. The van der Waals surface area contributed by atoms with Crippen molar-refractivity contribution >= 4 is 6.21 Å². The third-order valence-electron chi connectivity index (χ3n) is 2.71. The molecule has 0 aliphatic carbocycles. The van der Waals surface area contributed by atoms with Crippen molar-refractivity contribution in [2.45, 2.75) is 6.61 Å². The first-order chi connectivity index (χ1) is 9.81. The van der Waals surface area contributed by atoms with E-state index in [1.165, 1.54) is 0 Å². The summed E-state index contributed by atoms with van der Waals surface area (Å²) in [5.41, 5.74) is 2.53. The highest BCUT2D eigenvalue weighted by atomic mass is 16.6.